The molecule has 0 spiro atoms. The van der Waals surface area contributed by atoms with Crippen molar-refractivity contribution >= 4 is 24.5 Å². The van der Waals surface area contributed by atoms with Crippen molar-refractivity contribution in [2.75, 3.05) is 6.61 Å². The molecule has 4 nitrogen and oxygen atoms in total. The van der Waals surface area contributed by atoms with Gasteiger partial charge in [0.1, 0.15) is 5.75 Å². The summed E-state index contributed by atoms with van der Waals surface area (Å²) in [5.41, 5.74) is 0.366. The van der Waals surface area contributed by atoms with Crippen molar-refractivity contribution in [3.8, 4) is 5.75 Å². The summed E-state index contributed by atoms with van der Waals surface area (Å²) in [6.45, 7) is 21.9. The van der Waals surface area contributed by atoms with Crippen LogP contribution in [-0.4, -0.2) is 30.5 Å². The summed E-state index contributed by atoms with van der Waals surface area (Å²) in [5, 5.41) is 0. The second kappa shape index (κ2) is 7.62. The average Bonchev–Trinajstić information content (AvgIpc) is 2.70. The van der Waals surface area contributed by atoms with Gasteiger partial charge in [-0.15, -0.1) is 0 Å². The lowest BCUT2D eigenvalue weighted by Crippen LogP contribution is -2.41. The average molecular weight is 393 g/mol. The third-order valence-electron chi connectivity index (χ3n) is 4.62. The molecule has 0 aliphatic carbocycles. The monoisotopic (exact) mass is 393 g/mol. The maximum absolute atomic E-state index is 6.20. The van der Waals surface area contributed by atoms with Crippen LogP contribution in [0, 0.1) is 5.41 Å². The van der Waals surface area contributed by atoms with Gasteiger partial charge in [-0.05, 0) is 83.4 Å². The molecule has 0 saturated carbocycles. The zero-order valence-corrected chi connectivity index (χ0v) is 19.5. The Morgan fingerprint density at radius 1 is 1.00 bits per heavy atom. The SMILES string of the molecule is CC(C)(C)COc1cc(B2OC(C)(C)C(C)(C)O2)ccc1SNC(C)(C)C. The van der Waals surface area contributed by atoms with Crippen molar-refractivity contribution < 1.29 is 14.0 Å². The Labute approximate surface area is 170 Å². The van der Waals surface area contributed by atoms with Crippen LogP contribution in [0.4, 0.5) is 0 Å². The quantitative estimate of drug-likeness (QED) is 0.575. The molecule has 1 N–H and O–H groups in total. The van der Waals surface area contributed by atoms with Crippen molar-refractivity contribution in [3.63, 3.8) is 0 Å². The molecule has 0 amide bonds. The molecule has 1 aromatic carbocycles. The number of ether oxygens (including phenoxy) is 1. The summed E-state index contributed by atoms with van der Waals surface area (Å²) < 4.78 is 22.1. The molecule has 2 rings (SSSR count). The summed E-state index contributed by atoms with van der Waals surface area (Å²) >= 11 is 1.60. The van der Waals surface area contributed by atoms with Crippen molar-refractivity contribution in [1.29, 1.82) is 0 Å². The van der Waals surface area contributed by atoms with Crippen molar-refractivity contribution in [3.05, 3.63) is 18.2 Å². The van der Waals surface area contributed by atoms with Crippen LogP contribution in [0.25, 0.3) is 0 Å². The lowest BCUT2D eigenvalue weighted by atomic mass is 9.79. The molecule has 0 bridgehead atoms. The van der Waals surface area contributed by atoms with Crippen molar-refractivity contribution in [2.45, 2.75) is 90.9 Å². The van der Waals surface area contributed by atoms with E-state index in [0.717, 1.165) is 16.1 Å². The minimum absolute atomic E-state index is 0.0103. The van der Waals surface area contributed by atoms with Crippen LogP contribution in [0.2, 0.25) is 0 Å². The molecular formula is C21H36BNO3S. The standard InChI is InChI=1S/C21H36BNO3S/c1-18(2,3)14-24-16-13-15(11-12-17(16)27-23-19(4,5)6)22-25-20(7,8)21(9,10)26-22/h11-13,23H,14H2,1-10H3. The van der Waals surface area contributed by atoms with E-state index in [2.05, 4.69) is 92.2 Å². The van der Waals surface area contributed by atoms with Crippen LogP contribution in [-0.2, 0) is 9.31 Å². The number of nitrogens with one attached hydrogen (secondary N) is 1. The summed E-state index contributed by atoms with van der Waals surface area (Å²) in [4.78, 5) is 1.06. The Balaban J connectivity index is 2.27. The smallest absolute Gasteiger partial charge is 0.492 e. The van der Waals surface area contributed by atoms with Crippen LogP contribution in [0.15, 0.2) is 23.1 Å². The van der Waals surface area contributed by atoms with E-state index in [-0.39, 0.29) is 29.3 Å². The fourth-order valence-corrected chi connectivity index (χ4v) is 3.12. The molecule has 1 aromatic rings. The molecular weight excluding hydrogens is 357 g/mol. The Bertz CT molecular complexity index is 646. The van der Waals surface area contributed by atoms with E-state index in [1.165, 1.54) is 0 Å². The van der Waals surface area contributed by atoms with Gasteiger partial charge in [-0.3, -0.25) is 4.72 Å². The van der Waals surface area contributed by atoms with E-state index < -0.39 is 0 Å². The fraction of sp³-hybridized carbons (Fsp3) is 0.714. The molecule has 1 aliphatic rings. The summed E-state index contributed by atoms with van der Waals surface area (Å²) in [7, 11) is -0.387. The van der Waals surface area contributed by atoms with E-state index in [1.807, 2.05) is 0 Å². The van der Waals surface area contributed by atoms with Gasteiger partial charge >= 0.3 is 7.12 Å². The summed E-state index contributed by atoms with van der Waals surface area (Å²) in [6.07, 6.45) is 0. The molecule has 152 valence electrons. The Morgan fingerprint density at radius 2 is 1.56 bits per heavy atom. The highest BCUT2D eigenvalue weighted by atomic mass is 32.2. The Hall–Kier alpha value is -0.685. The van der Waals surface area contributed by atoms with E-state index in [4.69, 9.17) is 14.0 Å². The predicted molar refractivity (Wildman–Crippen MR) is 116 cm³/mol. The second-order valence-corrected chi connectivity index (χ2v) is 11.4. The normalized spacial score (nSPS) is 19.4. The van der Waals surface area contributed by atoms with E-state index in [9.17, 15) is 0 Å². The largest absolute Gasteiger partial charge is 0.494 e. The van der Waals surface area contributed by atoms with Crippen LogP contribution in [0.5, 0.6) is 5.75 Å². The fourth-order valence-electron chi connectivity index (χ4n) is 2.35. The molecule has 0 unspecified atom stereocenters. The highest BCUT2D eigenvalue weighted by Gasteiger charge is 2.51. The van der Waals surface area contributed by atoms with Crippen LogP contribution >= 0.6 is 11.9 Å². The molecule has 0 atom stereocenters. The number of hydrogen-bond donors (Lipinski definition) is 1. The number of hydrogen-bond acceptors (Lipinski definition) is 5. The van der Waals surface area contributed by atoms with Gasteiger partial charge in [0.25, 0.3) is 0 Å². The first-order chi connectivity index (χ1) is 12.1. The highest BCUT2D eigenvalue weighted by Crippen LogP contribution is 2.37. The van der Waals surface area contributed by atoms with Crippen LogP contribution in [0.1, 0.15) is 69.2 Å². The maximum atomic E-state index is 6.20. The minimum Gasteiger partial charge on any atom is -0.492 e. The number of benzene rings is 1. The first-order valence-corrected chi connectivity index (χ1v) is 10.5. The third kappa shape index (κ3) is 6.15. The van der Waals surface area contributed by atoms with Gasteiger partial charge in [-0.1, -0.05) is 26.8 Å². The topological polar surface area (TPSA) is 39.7 Å². The molecule has 1 heterocycles. The lowest BCUT2D eigenvalue weighted by Gasteiger charge is -2.32. The van der Waals surface area contributed by atoms with Gasteiger partial charge in [0.15, 0.2) is 0 Å². The Morgan fingerprint density at radius 3 is 2.04 bits per heavy atom. The van der Waals surface area contributed by atoms with Crippen LogP contribution in [0.3, 0.4) is 0 Å². The first kappa shape index (κ1) is 22.6. The van der Waals surface area contributed by atoms with Crippen molar-refractivity contribution in [2.24, 2.45) is 5.41 Å². The summed E-state index contributed by atoms with van der Waals surface area (Å²) in [6, 6.07) is 6.21. The minimum atomic E-state index is -0.387. The van der Waals surface area contributed by atoms with E-state index in [1.54, 1.807) is 11.9 Å². The van der Waals surface area contributed by atoms with Crippen molar-refractivity contribution in [1.82, 2.24) is 4.72 Å². The first-order valence-electron chi connectivity index (χ1n) is 9.66. The molecule has 0 aromatic heterocycles. The predicted octanol–water partition coefficient (Wildman–Crippen LogP) is 4.81. The maximum Gasteiger partial charge on any atom is 0.494 e. The van der Waals surface area contributed by atoms with Gasteiger partial charge in [-0.25, -0.2) is 0 Å². The summed E-state index contributed by atoms with van der Waals surface area (Å²) in [5.74, 6) is 0.860. The molecule has 1 fully saturated rings. The third-order valence-corrected chi connectivity index (χ3v) is 5.89. The zero-order valence-electron chi connectivity index (χ0n) is 18.6. The molecule has 1 aliphatic heterocycles. The van der Waals surface area contributed by atoms with Gasteiger partial charge in [0, 0.05) is 5.54 Å². The van der Waals surface area contributed by atoms with E-state index >= 15 is 0 Å². The van der Waals surface area contributed by atoms with Gasteiger partial charge < -0.3 is 14.0 Å². The molecule has 0 radical (unpaired) electrons. The molecule has 1 saturated heterocycles. The molecule has 6 heteroatoms. The number of rotatable bonds is 5. The van der Waals surface area contributed by atoms with Gasteiger partial charge in [0.05, 0.1) is 22.7 Å². The molecule has 27 heavy (non-hydrogen) atoms. The second-order valence-electron chi connectivity index (χ2n) is 10.6. The van der Waals surface area contributed by atoms with Gasteiger partial charge in [0.2, 0.25) is 0 Å². The van der Waals surface area contributed by atoms with Crippen LogP contribution < -0.4 is 14.9 Å². The Kier molecular flexibility index (Phi) is 6.38. The highest BCUT2D eigenvalue weighted by molar-refractivity contribution is 7.97. The zero-order chi connectivity index (χ0) is 20.7. The lowest BCUT2D eigenvalue weighted by molar-refractivity contribution is 0.00578. The van der Waals surface area contributed by atoms with Gasteiger partial charge in [-0.2, -0.15) is 0 Å². The van der Waals surface area contributed by atoms with E-state index in [0.29, 0.717) is 6.61 Å².